The molecule has 0 aliphatic rings. The van der Waals surface area contributed by atoms with Crippen LogP contribution in [0.5, 0.6) is 0 Å². The number of aliphatic carboxylic acids is 1. The second kappa shape index (κ2) is 13.3. The lowest BCUT2D eigenvalue weighted by atomic mass is 10.3. The monoisotopic (exact) mass is 536 g/mol. The van der Waals surface area contributed by atoms with E-state index in [9.17, 15) is 13.6 Å². The summed E-state index contributed by atoms with van der Waals surface area (Å²) < 4.78 is 27.2. The minimum Gasteiger partial charge on any atom is -0.481 e. The number of aromatic nitrogens is 3. The van der Waals surface area contributed by atoms with E-state index in [-0.39, 0.29) is 36.5 Å². The fraction of sp³-hybridized carbons (Fsp3) is 0.227. The third-order valence-corrected chi connectivity index (χ3v) is 5.04. The molecule has 1 heterocycles. The molecule has 3 aromatic rings. The zero-order chi connectivity index (χ0) is 25.9. The molecule has 0 spiro atoms. The van der Waals surface area contributed by atoms with Crippen molar-refractivity contribution < 1.29 is 18.7 Å². The zero-order valence-electron chi connectivity index (χ0n) is 18.8. The average Bonchev–Trinajstić information content (AvgIpc) is 2.79. The van der Waals surface area contributed by atoms with Crippen LogP contribution in [-0.2, 0) is 4.79 Å². The summed E-state index contributed by atoms with van der Waals surface area (Å²) in [5, 5.41) is 24.1. The molecule has 3 rings (SSSR count). The highest BCUT2D eigenvalue weighted by Gasteiger charge is 2.10. The number of hydrogen-bond acceptors (Lipinski definition) is 8. The van der Waals surface area contributed by atoms with Gasteiger partial charge < -0.3 is 31.7 Å². The predicted octanol–water partition coefficient (Wildman–Crippen LogP) is 4.03. The van der Waals surface area contributed by atoms with Gasteiger partial charge >= 0.3 is 5.97 Å². The molecule has 2 aromatic carbocycles. The Kier molecular flexibility index (Phi) is 9.89. The van der Waals surface area contributed by atoms with E-state index >= 15 is 0 Å². The molecule has 0 aliphatic heterocycles. The first-order valence-corrected chi connectivity index (χ1v) is 11.6. The first-order valence-electron chi connectivity index (χ1n) is 10.8. The predicted molar refractivity (Wildman–Crippen MR) is 138 cm³/mol. The number of carboxylic acids is 1. The van der Waals surface area contributed by atoms with Gasteiger partial charge in [-0.15, -0.1) is 0 Å². The summed E-state index contributed by atoms with van der Waals surface area (Å²) in [6.07, 6.45) is 0.587. The van der Waals surface area contributed by atoms with Gasteiger partial charge in [0.25, 0.3) is 0 Å². The highest BCUT2D eigenvalue weighted by atomic mass is 35.5. The standard InChI is InChI=1S/C22H23ClF2N8O2S/c23-16-4-1-2-5-17(16)30-21-32-19(26-7-3-8-27-22(36)28-9-6-18(34)35)31-20(33-21)29-15-11-13(24)10-14(25)12-15/h1-2,4-5,10-12H,3,6-9H2,(H,34,35)(H2,27,28,36)(H3,26,29,30,31,32,33). The Morgan fingerprint density at radius 2 is 1.56 bits per heavy atom. The fourth-order valence-electron chi connectivity index (χ4n) is 2.84. The molecular formula is C22H23ClF2N8O2S. The Labute approximate surface area is 215 Å². The third kappa shape index (κ3) is 9.07. The Balaban J connectivity index is 1.64. The number of nitrogens with zero attached hydrogens (tertiary/aromatic N) is 3. The summed E-state index contributed by atoms with van der Waals surface area (Å²) in [6, 6.07) is 10.00. The number of carbonyl (C=O) groups is 1. The molecule has 0 aliphatic carbocycles. The van der Waals surface area contributed by atoms with E-state index in [0.717, 1.165) is 18.2 Å². The van der Waals surface area contributed by atoms with E-state index in [4.69, 9.17) is 28.9 Å². The van der Waals surface area contributed by atoms with Crippen molar-refractivity contribution in [2.45, 2.75) is 12.8 Å². The average molecular weight is 537 g/mol. The van der Waals surface area contributed by atoms with Crippen LogP contribution in [0.4, 0.5) is 38.0 Å². The topological polar surface area (TPSA) is 136 Å². The van der Waals surface area contributed by atoms with Crippen molar-refractivity contribution in [2.75, 3.05) is 35.6 Å². The van der Waals surface area contributed by atoms with Crippen molar-refractivity contribution in [2.24, 2.45) is 0 Å². The van der Waals surface area contributed by atoms with Crippen LogP contribution in [0.2, 0.25) is 5.02 Å². The summed E-state index contributed by atoms with van der Waals surface area (Å²) in [6.45, 7) is 1.19. The lowest BCUT2D eigenvalue weighted by molar-refractivity contribution is -0.136. The number of nitrogens with one attached hydrogen (secondary N) is 5. The number of rotatable bonds is 12. The molecule has 190 valence electrons. The lowest BCUT2D eigenvalue weighted by Gasteiger charge is -2.13. The second-order valence-corrected chi connectivity index (χ2v) is 8.12. The van der Waals surface area contributed by atoms with Gasteiger partial charge in [-0.25, -0.2) is 8.78 Å². The molecule has 14 heteroatoms. The van der Waals surface area contributed by atoms with Gasteiger partial charge in [-0.1, -0.05) is 23.7 Å². The van der Waals surface area contributed by atoms with Gasteiger partial charge in [0.05, 0.1) is 17.1 Å². The molecule has 36 heavy (non-hydrogen) atoms. The van der Waals surface area contributed by atoms with Crippen molar-refractivity contribution in [1.29, 1.82) is 0 Å². The van der Waals surface area contributed by atoms with Gasteiger partial charge in [-0.2, -0.15) is 15.0 Å². The van der Waals surface area contributed by atoms with Crippen molar-refractivity contribution in [3.05, 3.63) is 59.1 Å². The van der Waals surface area contributed by atoms with Crippen LogP contribution in [-0.4, -0.2) is 50.8 Å². The Morgan fingerprint density at radius 1 is 0.917 bits per heavy atom. The van der Waals surface area contributed by atoms with E-state index in [2.05, 4.69) is 41.5 Å². The molecule has 10 nitrogen and oxygen atoms in total. The minimum atomic E-state index is -0.911. The van der Waals surface area contributed by atoms with Crippen LogP contribution >= 0.6 is 23.8 Å². The normalized spacial score (nSPS) is 10.4. The van der Waals surface area contributed by atoms with Crippen LogP contribution in [0.1, 0.15) is 12.8 Å². The second-order valence-electron chi connectivity index (χ2n) is 7.30. The van der Waals surface area contributed by atoms with Crippen molar-refractivity contribution in [3.63, 3.8) is 0 Å². The van der Waals surface area contributed by atoms with Crippen LogP contribution in [0, 0.1) is 11.6 Å². The molecule has 0 saturated carbocycles. The highest BCUT2D eigenvalue weighted by Crippen LogP contribution is 2.25. The zero-order valence-corrected chi connectivity index (χ0v) is 20.4. The Hall–Kier alpha value is -3.84. The largest absolute Gasteiger partial charge is 0.481 e. The molecule has 0 saturated heterocycles. The number of hydrogen-bond donors (Lipinski definition) is 6. The van der Waals surface area contributed by atoms with Crippen molar-refractivity contribution in [1.82, 2.24) is 25.6 Å². The Bertz CT molecular complexity index is 1200. The smallest absolute Gasteiger partial charge is 0.305 e. The Morgan fingerprint density at radius 3 is 2.25 bits per heavy atom. The van der Waals surface area contributed by atoms with Crippen LogP contribution in [0.25, 0.3) is 0 Å². The number of thiocarbonyl (C=S) groups is 1. The fourth-order valence-corrected chi connectivity index (χ4v) is 3.23. The summed E-state index contributed by atoms with van der Waals surface area (Å²) in [5.41, 5.74) is 0.689. The van der Waals surface area contributed by atoms with Crippen LogP contribution in [0.15, 0.2) is 42.5 Å². The van der Waals surface area contributed by atoms with Gasteiger partial charge in [0.15, 0.2) is 5.11 Å². The summed E-state index contributed by atoms with van der Waals surface area (Å²) >= 11 is 11.3. The van der Waals surface area contributed by atoms with Crippen molar-refractivity contribution in [3.8, 4) is 0 Å². The number of carboxylic acid groups (broad SMARTS) is 1. The van der Waals surface area contributed by atoms with Crippen LogP contribution in [0.3, 0.4) is 0 Å². The number of benzene rings is 2. The molecule has 1 aromatic heterocycles. The van der Waals surface area contributed by atoms with Gasteiger partial charge in [0.1, 0.15) is 11.6 Å². The molecular weight excluding hydrogens is 514 g/mol. The van der Waals surface area contributed by atoms with Crippen LogP contribution < -0.4 is 26.6 Å². The maximum atomic E-state index is 13.6. The summed E-state index contributed by atoms with van der Waals surface area (Å²) in [5.74, 6) is -1.99. The molecule has 0 fully saturated rings. The molecule has 0 amide bonds. The summed E-state index contributed by atoms with van der Waals surface area (Å²) in [7, 11) is 0. The molecule has 0 bridgehead atoms. The first-order chi connectivity index (χ1) is 17.3. The maximum Gasteiger partial charge on any atom is 0.305 e. The first kappa shape index (κ1) is 26.8. The highest BCUT2D eigenvalue weighted by molar-refractivity contribution is 7.80. The van der Waals surface area contributed by atoms with E-state index in [0.29, 0.717) is 35.3 Å². The van der Waals surface area contributed by atoms with Gasteiger partial charge in [0, 0.05) is 31.4 Å². The maximum absolute atomic E-state index is 13.6. The van der Waals surface area contributed by atoms with Crippen molar-refractivity contribution >= 4 is 64.1 Å². The number of halogens is 3. The van der Waals surface area contributed by atoms with E-state index in [1.807, 2.05) is 0 Å². The molecule has 0 radical (unpaired) electrons. The molecule has 6 N–H and O–H groups in total. The SMILES string of the molecule is O=C(O)CCNC(=S)NCCCNc1nc(Nc2cc(F)cc(F)c2)nc(Nc2ccccc2Cl)n1. The van der Waals surface area contributed by atoms with Gasteiger partial charge in [-0.3, -0.25) is 4.79 Å². The van der Waals surface area contributed by atoms with E-state index in [1.54, 1.807) is 24.3 Å². The molecule has 0 unspecified atom stereocenters. The van der Waals surface area contributed by atoms with E-state index < -0.39 is 17.6 Å². The van der Waals surface area contributed by atoms with Gasteiger partial charge in [-0.05, 0) is 42.9 Å². The molecule has 0 atom stereocenters. The minimum absolute atomic E-state index is 0.0358. The number of para-hydroxylation sites is 1. The number of anilines is 5. The van der Waals surface area contributed by atoms with Gasteiger partial charge in [0.2, 0.25) is 17.8 Å². The lowest BCUT2D eigenvalue weighted by Crippen LogP contribution is -2.37. The summed E-state index contributed by atoms with van der Waals surface area (Å²) in [4.78, 5) is 23.4. The quantitative estimate of drug-likeness (QED) is 0.148. The third-order valence-electron chi connectivity index (χ3n) is 4.42. The van der Waals surface area contributed by atoms with E-state index in [1.165, 1.54) is 0 Å².